The summed E-state index contributed by atoms with van der Waals surface area (Å²) in [5.41, 5.74) is 2.76. The predicted octanol–water partition coefficient (Wildman–Crippen LogP) is 2.66. The smallest absolute Gasteiger partial charge is 0.275 e. The second-order valence-corrected chi connectivity index (χ2v) is 5.47. The number of carbonyl (C=O) groups is 1. The zero-order valence-electron chi connectivity index (χ0n) is 14.2. The minimum atomic E-state index is -0.587. The van der Waals surface area contributed by atoms with Gasteiger partial charge in [-0.2, -0.15) is 5.10 Å². The summed E-state index contributed by atoms with van der Waals surface area (Å²) in [6.07, 6.45) is 1.29. The molecule has 1 amide bonds. The molecular weight excluding hydrogens is 324 g/mol. The molecule has 7 nitrogen and oxygen atoms in total. The molecule has 0 heterocycles. The summed E-state index contributed by atoms with van der Waals surface area (Å²) in [4.78, 5) is 12.0. The van der Waals surface area contributed by atoms with Crippen molar-refractivity contribution in [2.24, 2.45) is 5.10 Å². The molecule has 25 heavy (non-hydrogen) atoms. The number of nitrogens with zero attached hydrogens (tertiary/aromatic N) is 1. The summed E-state index contributed by atoms with van der Waals surface area (Å²) in [6.45, 7) is 3.77. The molecular formula is C18H20N2O5. The average molecular weight is 344 g/mol. The number of amides is 1. The number of benzene rings is 2. The fourth-order valence-electron chi connectivity index (χ4n) is 2.03. The van der Waals surface area contributed by atoms with Crippen LogP contribution in [0, 0.1) is 0 Å². The highest BCUT2D eigenvalue weighted by Crippen LogP contribution is 2.24. The van der Waals surface area contributed by atoms with Gasteiger partial charge in [-0.25, -0.2) is 5.43 Å². The van der Waals surface area contributed by atoms with E-state index in [1.165, 1.54) is 31.5 Å². The summed E-state index contributed by atoms with van der Waals surface area (Å²) in [7, 11) is 1.46. The fraction of sp³-hybridized carbons (Fsp3) is 0.222. The van der Waals surface area contributed by atoms with E-state index >= 15 is 0 Å². The number of hydrazone groups is 1. The molecule has 0 fully saturated rings. The van der Waals surface area contributed by atoms with Crippen LogP contribution in [0.15, 0.2) is 41.5 Å². The Bertz CT molecular complexity index is 787. The molecule has 0 radical (unpaired) electrons. The average Bonchev–Trinajstić information content (AvgIpc) is 2.56. The first-order chi connectivity index (χ1) is 11.9. The second kappa shape index (κ2) is 8.05. The van der Waals surface area contributed by atoms with E-state index in [0.717, 1.165) is 0 Å². The molecule has 0 aliphatic rings. The van der Waals surface area contributed by atoms with Crippen LogP contribution >= 0.6 is 0 Å². The van der Waals surface area contributed by atoms with Gasteiger partial charge >= 0.3 is 0 Å². The van der Waals surface area contributed by atoms with Crippen molar-refractivity contribution in [3.8, 4) is 23.0 Å². The van der Waals surface area contributed by atoms with Gasteiger partial charge in [0, 0.05) is 17.7 Å². The SMILES string of the molecule is COc1ccc(C(=O)N/N=C\c2ccc(OC(C)C)cc2O)c(O)c1. The summed E-state index contributed by atoms with van der Waals surface area (Å²) in [6, 6.07) is 9.09. The highest BCUT2D eigenvalue weighted by atomic mass is 16.5. The molecule has 132 valence electrons. The Morgan fingerprint density at radius 3 is 2.40 bits per heavy atom. The lowest BCUT2D eigenvalue weighted by atomic mass is 10.2. The van der Waals surface area contributed by atoms with E-state index in [1.807, 2.05) is 13.8 Å². The third-order valence-electron chi connectivity index (χ3n) is 3.19. The quantitative estimate of drug-likeness (QED) is 0.552. The van der Waals surface area contributed by atoms with E-state index in [-0.39, 0.29) is 23.2 Å². The molecule has 2 rings (SSSR count). The molecule has 0 aliphatic carbocycles. The van der Waals surface area contributed by atoms with Gasteiger partial charge in [-0.3, -0.25) is 4.79 Å². The predicted molar refractivity (Wildman–Crippen MR) is 93.6 cm³/mol. The zero-order valence-corrected chi connectivity index (χ0v) is 14.2. The van der Waals surface area contributed by atoms with Gasteiger partial charge in [0.05, 0.1) is 25.0 Å². The van der Waals surface area contributed by atoms with Gasteiger partial charge in [0.2, 0.25) is 0 Å². The number of nitrogens with one attached hydrogen (secondary N) is 1. The fourth-order valence-corrected chi connectivity index (χ4v) is 2.03. The van der Waals surface area contributed by atoms with Crippen LogP contribution in [0.2, 0.25) is 0 Å². The van der Waals surface area contributed by atoms with E-state index in [0.29, 0.717) is 17.1 Å². The summed E-state index contributed by atoms with van der Waals surface area (Å²) >= 11 is 0. The third kappa shape index (κ3) is 4.87. The van der Waals surface area contributed by atoms with Gasteiger partial charge in [0.1, 0.15) is 23.0 Å². The van der Waals surface area contributed by atoms with Crippen molar-refractivity contribution < 1.29 is 24.5 Å². The Balaban J connectivity index is 2.04. The topological polar surface area (TPSA) is 100 Å². The van der Waals surface area contributed by atoms with Gasteiger partial charge in [0.15, 0.2) is 0 Å². The van der Waals surface area contributed by atoms with Crippen molar-refractivity contribution in [2.45, 2.75) is 20.0 Å². The molecule has 0 saturated carbocycles. The number of phenols is 2. The highest BCUT2D eigenvalue weighted by Gasteiger charge is 2.11. The molecule has 2 aromatic carbocycles. The minimum absolute atomic E-state index is 0.00428. The highest BCUT2D eigenvalue weighted by molar-refractivity contribution is 5.97. The van der Waals surface area contributed by atoms with E-state index < -0.39 is 5.91 Å². The Kier molecular flexibility index (Phi) is 5.84. The molecule has 0 atom stereocenters. The number of aromatic hydroxyl groups is 2. The van der Waals surface area contributed by atoms with Gasteiger partial charge in [-0.15, -0.1) is 0 Å². The molecule has 0 unspecified atom stereocenters. The molecule has 0 aliphatic heterocycles. The number of hydrogen-bond acceptors (Lipinski definition) is 6. The van der Waals surface area contributed by atoms with Crippen molar-refractivity contribution in [2.75, 3.05) is 7.11 Å². The largest absolute Gasteiger partial charge is 0.507 e. The number of rotatable bonds is 6. The van der Waals surface area contributed by atoms with Crippen LogP contribution in [0.3, 0.4) is 0 Å². The Morgan fingerprint density at radius 1 is 1.12 bits per heavy atom. The van der Waals surface area contributed by atoms with Crippen molar-refractivity contribution >= 4 is 12.1 Å². The summed E-state index contributed by atoms with van der Waals surface area (Å²) < 4.78 is 10.4. The van der Waals surface area contributed by atoms with E-state index in [2.05, 4.69) is 10.5 Å². The van der Waals surface area contributed by atoms with Crippen LogP contribution in [-0.4, -0.2) is 35.5 Å². The van der Waals surface area contributed by atoms with Crippen LogP contribution < -0.4 is 14.9 Å². The Labute approximate surface area is 145 Å². The Hall–Kier alpha value is -3.22. The molecule has 7 heteroatoms. The molecule has 2 aromatic rings. The summed E-state index contributed by atoms with van der Waals surface area (Å²) in [5.74, 6) is 0.146. The lowest BCUT2D eigenvalue weighted by Gasteiger charge is -2.10. The van der Waals surface area contributed by atoms with Gasteiger partial charge in [-0.1, -0.05) is 0 Å². The maximum atomic E-state index is 12.0. The van der Waals surface area contributed by atoms with Gasteiger partial charge in [0.25, 0.3) is 5.91 Å². The normalized spacial score (nSPS) is 10.9. The monoisotopic (exact) mass is 344 g/mol. The lowest BCUT2D eigenvalue weighted by molar-refractivity contribution is 0.0952. The third-order valence-corrected chi connectivity index (χ3v) is 3.19. The zero-order chi connectivity index (χ0) is 18.4. The standard InChI is InChI=1S/C18H20N2O5/c1-11(2)25-14-5-4-12(16(21)9-14)10-19-20-18(23)15-7-6-13(24-3)8-17(15)22/h4-11,21-22H,1-3H3,(H,20,23)/b19-10-. The van der Waals surface area contributed by atoms with Gasteiger partial charge < -0.3 is 19.7 Å². The molecule has 0 saturated heterocycles. The lowest BCUT2D eigenvalue weighted by Crippen LogP contribution is -2.17. The van der Waals surface area contributed by atoms with Crippen molar-refractivity contribution in [1.29, 1.82) is 0 Å². The minimum Gasteiger partial charge on any atom is -0.507 e. The molecule has 0 aromatic heterocycles. The van der Waals surface area contributed by atoms with Crippen molar-refractivity contribution in [1.82, 2.24) is 5.43 Å². The summed E-state index contributed by atoms with van der Waals surface area (Å²) in [5, 5.41) is 23.5. The van der Waals surface area contributed by atoms with Crippen LogP contribution in [0.4, 0.5) is 0 Å². The number of phenolic OH excluding ortho intramolecular Hbond substituents is 2. The number of carbonyl (C=O) groups excluding carboxylic acids is 1. The van der Waals surface area contributed by atoms with Crippen LogP contribution in [0.25, 0.3) is 0 Å². The maximum Gasteiger partial charge on any atom is 0.275 e. The van der Waals surface area contributed by atoms with Crippen LogP contribution in [0.1, 0.15) is 29.8 Å². The first-order valence-corrected chi connectivity index (χ1v) is 7.60. The second-order valence-electron chi connectivity index (χ2n) is 5.47. The maximum absolute atomic E-state index is 12.0. The van der Waals surface area contributed by atoms with E-state index in [1.54, 1.807) is 18.2 Å². The van der Waals surface area contributed by atoms with E-state index in [9.17, 15) is 15.0 Å². The van der Waals surface area contributed by atoms with Crippen LogP contribution in [-0.2, 0) is 0 Å². The number of ether oxygens (including phenoxy) is 2. The first kappa shape index (κ1) is 18.1. The van der Waals surface area contributed by atoms with Crippen molar-refractivity contribution in [3.05, 3.63) is 47.5 Å². The van der Waals surface area contributed by atoms with E-state index in [4.69, 9.17) is 9.47 Å². The molecule has 0 bridgehead atoms. The van der Waals surface area contributed by atoms with Crippen LogP contribution in [0.5, 0.6) is 23.0 Å². The molecule has 3 N–H and O–H groups in total. The molecule has 0 spiro atoms. The number of hydrogen-bond donors (Lipinski definition) is 3. The first-order valence-electron chi connectivity index (χ1n) is 7.60. The Morgan fingerprint density at radius 2 is 1.80 bits per heavy atom. The number of methoxy groups -OCH3 is 1. The van der Waals surface area contributed by atoms with Crippen molar-refractivity contribution in [3.63, 3.8) is 0 Å². The van der Waals surface area contributed by atoms with Gasteiger partial charge in [-0.05, 0) is 38.1 Å².